The molecule has 0 radical (unpaired) electrons. The monoisotopic (exact) mass is 320 g/mol. The topological polar surface area (TPSA) is 119 Å². The van der Waals surface area contributed by atoms with E-state index in [0.717, 1.165) is 6.42 Å². The van der Waals surface area contributed by atoms with E-state index in [9.17, 15) is 14.5 Å². The predicted molar refractivity (Wildman–Crippen MR) is 86.2 cm³/mol. The molecular weight excluding hydrogens is 303 g/mol. The molecular formula is C14H17FN6O2. The molecule has 0 saturated carbocycles. The third-order valence-corrected chi connectivity index (χ3v) is 3.21. The summed E-state index contributed by atoms with van der Waals surface area (Å²) in [7, 11) is 0. The molecule has 0 amide bonds. The lowest BCUT2D eigenvalue weighted by Crippen LogP contribution is -2.17. The molecule has 0 bridgehead atoms. The van der Waals surface area contributed by atoms with Crippen LogP contribution in [-0.4, -0.2) is 20.9 Å². The number of benzene rings is 1. The smallest absolute Gasteiger partial charge is 0.353 e. The summed E-state index contributed by atoms with van der Waals surface area (Å²) in [5.41, 5.74) is 5.23. The second-order valence-electron chi connectivity index (χ2n) is 4.95. The summed E-state index contributed by atoms with van der Waals surface area (Å²) < 4.78 is 13.8. The first-order valence-corrected chi connectivity index (χ1v) is 7.02. The number of aromatic nitrogens is 2. The number of nitrogens with one attached hydrogen (secondary N) is 2. The van der Waals surface area contributed by atoms with E-state index in [1.807, 2.05) is 13.8 Å². The predicted octanol–water partition coefficient (Wildman–Crippen LogP) is 3.06. The summed E-state index contributed by atoms with van der Waals surface area (Å²) >= 11 is 0. The van der Waals surface area contributed by atoms with Crippen molar-refractivity contribution in [3.8, 4) is 0 Å². The number of hydrogen-bond donors (Lipinski definition) is 3. The Kier molecular flexibility index (Phi) is 4.89. The lowest BCUT2D eigenvalue weighted by molar-refractivity contribution is -0.383. The third kappa shape index (κ3) is 3.82. The Morgan fingerprint density at radius 2 is 2.09 bits per heavy atom. The van der Waals surface area contributed by atoms with Crippen molar-refractivity contribution < 1.29 is 9.31 Å². The Labute approximate surface area is 132 Å². The highest BCUT2D eigenvalue weighted by atomic mass is 19.1. The average molecular weight is 320 g/mol. The van der Waals surface area contributed by atoms with Gasteiger partial charge in [-0.3, -0.25) is 10.1 Å². The van der Waals surface area contributed by atoms with Crippen LogP contribution in [0.15, 0.2) is 24.3 Å². The van der Waals surface area contributed by atoms with Crippen LogP contribution in [0.3, 0.4) is 0 Å². The first-order chi connectivity index (χ1) is 10.9. The maximum absolute atomic E-state index is 13.8. The fourth-order valence-corrected chi connectivity index (χ4v) is 1.82. The van der Waals surface area contributed by atoms with Crippen molar-refractivity contribution in [1.82, 2.24) is 9.97 Å². The van der Waals surface area contributed by atoms with E-state index < -0.39 is 16.4 Å². The van der Waals surface area contributed by atoms with Gasteiger partial charge in [-0.05, 0) is 25.5 Å². The van der Waals surface area contributed by atoms with Crippen LogP contribution in [0.2, 0.25) is 0 Å². The summed E-state index contributed by atoms with van der Waals surface area (Å²) in [6.07, 6.45) is 0.802. The minimum atomic E-state index is -0.703. The number of nitrogen functional groups attached to an aromatic ring is 1. The maximum atomic E-state index is 13.8. The van der Waals surface area contributed by atoms with E-state index in [2.05, 4.69) is 20.6 Å². The first kappa shape index (κ1) is 16.4. The molecule has 1 atom stereocenters. The van der Waals surface area contributed by atoms with E-state index in [0.29, 0.717) is 0 Å². The molecule has 0 aliphatic heterocycles. The maximum Gasteiger partial charge on any atom is 0.353 e. The fraction of sp³-hybridized carbons (Fsp3) is 0.286. The SMILES string of the molecule is CCC(C)Nc1nc(N)c([N+](=O)[O-])c(Nc2ccccc2F)n1. The molecule has 0 aliphatic rings. The minimum Gasteiger partial charge on any atom is -0.378 e. The normalized spacial score (nSPS) is 11.8. The second kappa shape index (κ2) is 6.86. The van der Waals surface area contributed by atoms with E-state index in [1.165, 1.54) is 18.2 Å². The van der Waals surface area contributed by atoms with Gasteiger partial charge in [-0.2, -0.15) is 9.97 Å². The molecule has 1 unspecified atom stereocenters. The molecule has 1 heterocycles. The van der Waals surface area contributed by atoms with Crippen LogP contribution in [0.1, 0.15) is 20.3 Å². The Hall–Kier alpha value is -2.97. The van der Waals surface area contributed by atoms with Crippen LogP contribution in [0, 0.1) is 15.9 Å². The Morgan fingerprint density at radius 1 is 1.39 bits per heavy atom. The molecule has 23 heavy (non-hydrogen) atoms. The van der Waals surface area contributed by atoms with Crippen LogP contribution in [-0.2, 0) is 0 Å². The number of rotatable bonds is 6. The van der Waals surface area contributed by atoms with Crippen LogP contribution in [0.4, 0.5) is 33.3 Å². The van der Waals surface area contributed by atoms with Gasteiger partial charge in [0.15, 0.2) is 0 Å². The summed E-state index contributed by atoms with van der Waals surface area (Å²) in [5, 5.41) is 16.8. The number of para-hydroxylation sites is 1. The highest BCUT2D eigenvalue weighted by Gasteiger charge is 2.24. The van der Waals surface area contributed by atoms with Crippen molar-refractivity contribution in [2.45, 2.75) is 26.3 Å². The van der Waals surface area contributed by atoms with Crippen molar-refractivity contribution in [3.63, 3.8) is 0 Å². The van der Waals surface area contributed by atoms with Crippen molar-refractivity contribution in [3.05, 3.63) is 40.2 Å². The van der Waals surface area contributed by atoms with Crippen LogP contribution in [0.25, 0.3) is 0 Å². The van der Waals surface area contributed by atoms with Gasteiger partial charge >= 0.3 is 5.69 Å². The van der Waals surface area contributed by atoms with E-state index in [-0.39, 0.29) is 29.3 Å². The lowest BCUT2D eigenvalue weighted by atomic mass is 10.3. The highest BCUT2D eigenvalue weighted by molar-refractivity contribution is 5.74. The van der Waals surface area contributed by atoms with Crippen LogP contribution < -0.4 is 16.4 Å². The molecule has 2 aromatic rings. The van der Waals surface area contributed by atoms with Gasteiger partial charge in [0, 0.05) is 6.04 Å². The third-order valence-electron chi connectivity index (χ3n) is 3.21. The molecule has 1 aromatic heterocycles. The van der Waals surface area contributed by atoms with Crippen molar-refractivity contribution in [2.24, 2.45) is 0 Å². The highest BCUT2D eigenvalue weighted by Crippen LogP contribution is 2.32. The molecule has 122 valence electrons. The molecule has 8 nitrogen and oxygen atoms in total. The zero-order valence-corrected chi connectivity index (χ0v) is 12.7. The van der Waals surface area contributed by atoms with Crippen molar-refractivity contribution in [1.29, 1.82) is 0 Å². The molecule has 0 saturated heterocycles. The number of halogens is 1. The van der Waals surface area contributed by atoms with Gasteiger partial charge in [-0.1, -0.05) is 19.1 Å². The van der Waals surface area contributed by atoms with E-state index in [4.69, 9.17) is 5.73 Å². The summed E-state index contributed by atoms with van der Waals surface area (Å²) in [5.74, 6) is -0.884. The molecule has 2 rings (SSSR count). The van der Waals surface area contributed by atoms with Crippen molar-refractivity contribution >= 4 is 29.0 Å². The lowest BCUT2D eigenvalue weighted by Gasteiger charge is -2.14. The second-order valence-corrected chi connectivity index (χ2v) is 4.95. The number of nitrogens with zero attached hydrogens (tertiary/aromatic N) is 3. The van der Waals surface area contributed by atoms with Gasteiger partial charge in [0.05, 0.1) is 10.6 Å². The summed E-state index contributed by atoms with van der Waals surface area (Å²) in [6.45, 7) is 3.87. The van der Waals surface area contributed by atoms with Gasteiger partial charge in [0.2, 0.25) is 17.6 Å². The fourth-order valence-electron chi connectivity index (χ4n) is 1.82. The van der Waals surface area contributed by atoms with E-state index in [1.54, 1.807) is 6.07 Å². The van der Waals surface area contributed by atoms with Gasteiger partial charge in [-0.25, -0.2) is 4.39 Å². The number of nitrogens with two attached hydrogens (primary N) is 1. The molecule has 9 heteroatoms. The average Bonchev–Trinajstić information content (AvgIpc) is 2.48. The molecule has 0 fully saturated rings. The molecule has 0 aliphatic carbocycles. The zero-order valence-electron chi connectivity index (χ0n) is 12.7. The Balaban J connectivity index is 2.46. The zero-order chi connectivity index (χ0) is 17.0. The Bertz CT molecular complexity index is 724. The molecule has 1 aromatic carbocycles. The standard InChI is InChI=1S/C14H17FN6O2/c1-3-8(2)17-14-19-12(16)11(21(22)23)13(20-14)18-10-7-5-4-6-9(10)15/h4-8H,3H2,1-2H3,(H4,16,17,18,19,20). The van der Waals surface area contributed by atoms with Crippen LogP contribution >= 0.6 is 0 Å². The number of nitro groups is 1. The first-order valence-electron chi connectivity index (χ1n) is 7.02. The van der Waals surface area contributed by atoms with Gasteiger partial charge in [-0.15, -0.1) is 0 Å². The van der Waals surface area contributed by atoms with Gasteiger partial charge in [0.1, 0.15) is 5.82 Å². The van der Waals surface area contributed by atoms with E-state index >= 15 is 0 Å². The number of anilines is 4. The summed E-state index contributed by atoms with van der Waals surface area (Å²) in [4.78, 5) is 18.4. The summed E-state index contributed by atoms with van der Waals surface area (Å²) in [6, 6.07) is 5.84. The van der Waals surface area contributed by atoms with Crippen molar-refractivity contribution in [2.75, 3.05) is 16.4 Å². The van der Waals surface area contributed by atoms with Crippen LogP contribution in [0.5, 0.6) is 0 Å². The number of hydrogen-bond acceptors (Lipinski definition) is 7. The molecule has 4 N–H and O–H groups in total. The Morgan fingerprint density at radius 3 is 2.70 bits per heavy atom. The van der Waals surface area contributed by atoms with Gasteiger partial charge < -0.3 is 16.4 Å². The molecule has 0 spiro atoms. The quantitative estimate of drug-likeness (QED) is 0.552. The largest absolute Gasteiger partial charge is 0.378 e. The minimum absolute atomic E-state index is 0.0529. The van der Waals surface area contributed by atoms with Gasteiger partial charge in [0.25, 0.3) is 0 Å².